The summed E-state index contributed by atoms with van der Waals surface area (Å²) in [6.45, 7) is 3.21. The van der Waals surface area contributed by atoms with E-state index >= 15 is 0 Å². The molecule has 4 nitrogen and oxygen atoms in total. The average Bonchev–Trinajstić information content (AvgIpc) is 2.16. The predicted molar refractivity (Wildman–Crippen MR) is 53.0 cm³/mol. The van der Waals surface area contributed by atoms with Crippen molar-refractivity contribution in [1.82, 2.24) is 0 Å². The number of aliphatic hydroxyl groups excluding tert-OH is 2. The Kier molecular flexibility index (Phi) is 7.06. The third-order valence-electron chi connectivity index (χ3n) is 2.03. The van der Waals surface area contributed by atoms with Crippen LogP contribution in [0.2, 0.25) is 0 Å². The smallest absolute Gasteiger partial charge is 0.330 e. The standard InChI is InChI=1S/C10H18O4/c1-8(10(13)14)5-3-2-4-6-9(12)7-11/h9,11-12H,1-7H2,(H,13,14). The number of hydrogen-bond acceptors (Lipinski definition) is 3. The first-order chi connectivity index (χ1) is 6.57. The summed E-state index contributed by atoms with van der Waals surface area (Å²) in [5, 5.41) is 26.0. The first-order valence-corrected chi connectivity index (χ1v) is 4.78. The molecule has 1 unspecified atom stereocenters. The van der Waals surface area contributed by atoms with E-state index in [4.69, 9.17) is 15.3 Å². The fraction of sp³-hybridized carbons (Fsp3) is 0.700. The highest BCUT2D eigenvalue weighted by Gasteiger charge is 2.04. The molecule has 0 radical (unpaired) electrons. The van der Waals surface area contributed by atoms with Crippen LogP contribution in [0.1, 0.15) is 32.1 Å². The Morgan fingerprint density at radius 3 is 2.43 bits per heavy atom. The SMILES string of the molecule is C=C(CCCCCC(O)CO)C(=O)O. The van der Waals surface area contributed by atoms with Crippen LogP contribution in [0.5, 0.6) is 0 Å². The number of unbranched alkanes of at least 4 members (excludes halogenated alkanes) is 2. The van der Waals surface area contributed by atoms with E-state index in [0.717, 1.165) is 19.3 Å². The van der Waals surface area contributed by atoms with Crippen LogP contribution in [-0.4, -0.2) is 34.0 Å². The fourth-order valence-electron chi connectivity index (χ4n) is 1.09. The minimum Gasteiger partial charge on any atom is -0.478 e. The summed E-state index contributed by atoms with van der Waals surface area (Å²) >= 11 is 0. The van der Waals surface area contributed by atoms with Gasteiger partial charge in [-0.3, -0.25) is 0 Å². The monoisotopic (exact) mass is 202 g/mol. The molecule has 14 heavy (non-hydrogen) atoms. The van der Waals surface area contributed by atoms with Crippen molar-refractivity contribution < 1.29 is 20.1 Å². The summed E-state index contributed by atoms with van der Waals surface area (Å²) in [4.78, 5) is 10.3. The molecule has 0 aromatic carbocycles. The first kappa shape index (κ1) is 13.1. The molecule has 0 aliphatic rings. The van der Waals surface area contributed by atoms with E-state index in [2.05, 4.69) is 6.58 Å². The van der Waals surface area contributed by atoms with Crippen LogP contribution in [0.15, 0.2) is 12.2 Å². The van der Waals surface area contributed by atoms with E-state index in [9.17, 15) is 4.79 Å². The molecular formula is C10H18O4. The van der Waals surface area contributed by atoms with E-state index in [1.54, 1.807) is 0 Å². The minimum atomic E-state index is -0.944. The van der Waals surface area contributed by atoms with Crippen molar-refractivity contribution in [3.63, 3.8) is 0 Å². The molecule has 4 heteroatoms. The molecular weight excluding hydrogens is 184 g/mol. The quantitative estimate of drug-likeness (QED) is 0.404. The molecule has 0 fully saturated rings. The zero-order valence-corrected chi connectivity index (χ0v) is 8.28. The molecule has 0 spiro atoms. The highest BCUT2D eigenvalue weighted by atomic mass is 16.4. The average molecular weight is 202 g/mol. The summed E-state index contributed by atoms with van der Waals surface area (Å²) in [5.74, 6) is -0.944. The van der Waals surface area contributed by atoms with Crippen molar-refractivity contribution in [2.75, 3.05) is 6.61 Å². The zero-order valence-electron chi connectivity index (χ0n) is 8.28. The van der Waals surface area contributed by atoms with E-state index in [1.165, 1.54) is 0 Å². The van der Waals surface area contributed by atoms with Gasteiger partial charge in [0.25, 0.3) is 0 Å². The van der Waals surface area contributed by atoms with Crippen molar-refractivity contribution in [1.29, 1.82) is 0 Å². The lowest BCUT2D eigenvalue weighted by atomic mass is 10.1. The number of hydrogen-bond donors (Lipinski definition) is 3. The highest BCUT2D eigenvalue weighted by molar-refractivity contribution is 5.85. The molecule has 0 rings (SSSR count). The maximum Gasteiger partial charge on any atom is 0.330 e. The van der Waals surface area contributed by atoms with Crippen molar-refractivity contribution in [3.05, 3.63) is 12.2 Å². The molecule has 3 N–H and O–H groups in total. The Balaban J connectivity index is 3.30. The Morgan fingerprint density at radius 2 is 1.93 bits per heavy atom. The van der Waals surface area contributed by atoms with Gasteiger partial charge in [0.15, 0.2) is 0 Å². The van der Waals surface area contributed by atoms with Gasteiger partial charge < -0.3 is 15.3 Å². The molecule has 0 saturated carbocycles. The Bertz CT molecular complexity index is 189. The van der Waals surface area contributed by atoms with Crippen LogP contribution in [0.3, 0.4) is 0 Å². The van der Waals surface area contributed by atoms with Gasteiger partial charge in [-0.25, -0.2) is 4.79 Å². The predicted octanol–water partition coefficient (Wildman–Crippen LogP) is 0.931. The third kappa shape index (κ3) is 6.62. The molecule has 0 aromatic rings. The largest absolute Gasteiger partial charge is 0.478 e. The van der Waals surface area contributed by atoms with Gasteiger partial charge in [-0.15, -0.1) is 0 Å². The molecule has 0 amide bonds. The molecule has 0 bridgehead atoms. The molecule has 0 saturated heterocycles. The summed E-state index contributed by atoms with van der Waals surface area (Å²) in [7, 11) is 0. The van der Waals surface area contributed by atoms with E-state index < -0.39 is 12.1 Å². The molecule has 1 atom stereocenters. The van der Waals surface area contributed by atoms with Gasteiger partial charge in [0, 0.05) is 5.57 Å². The van der Waals surface area contributed by atoms with Gasteiger partial charge in [-0.05, 0) is 19.3 Å². The number of rotatable bonds is 8. The molecule has 0 aromatic heterocycles. The van der Waals surface area contributed by atoms with Crippen molar-refractivity contribution in [3.8, 4) is 0 Å². The second kappa shape index (κ2) is 7.53. The number of aliphatic carboxylic acids is 1. The highest BCUT2D eigenvalue weighted by Crippen LogP contribution is 2.09. The van der Waals surface area contributed by atoms with E-state index in [-0.39, 0.29) is 12.2 Å². The van der Waals surface area contributed by atoms with Gasteiger partial charge in [0.2, 0.25) is 0 Å². The number of aliphatic hydroxyl groups is 2. The van der Waals surface area contributed by atoms with Gasteiger partial charge >= 0.3 is 5.97 Å². The van der Waals surface area contributed by atoms with Crippen molar-refractivity contribution in [2.45, 2.75) is 38.2 Å². The Hall–Kier alpha value is -0.870. The minimum absolute atomic E-state index is 0.207. The lowest BCUT2D eigenvalue weighted by molar-refractivity contribution is -0.132. The topological polar surface area (TPSA) is 77.8 Å². The Morgan fingerprint density at radius 1 is 1.29 bits per heavy atom. The van der Waals surface area contributed by atoms with Crippen molar-refractivity contribution >= 4 is 5.97 Å². The zero-order chi connectivity index (χ0) is 11.0. The first-order valence-electron chi connectivity index (χ1n) is 4.78. The second-order valence-corrected chi connectivity index (χ2v) is 3.34. The summed E-state index contributed by atoms with van der Waals surface area (Å²) < 4.78 is 0. The second-order valence-electron chi connectivity index (χ2n) is 3.34. The maximum absolute atomic E-state index is 10.3. The summed E-state index contributed by atoms with van der Waals surface area (Å²) in [5.41, 5.74) is 0.229. The van der Waals surface area contributed by atoms with Crippen LogP contribution < -0.4 is 0 Å². The number of carboxylic acid groups (broad SMARTS) is 1. The maximum atomic E-state index is 10.3. The van der Waals surface area contributed by atoms with Crippen LogP contribution in [-0.2, 0) is 4.79 Å². The Labute approximate surface area is 83.9 Å². The van der Waals surface area contributed by atoms with Gasteiger partial charge in [0.1, 0.15) is 0 Å². The van der Waals surface area contributed by atoms with Crippen LogP contribution >= 0.6 is 0 Å². The van der Waals surface area contributed by atoms with Crippen LogP contribution in [0.25, 0.3) is 0 Å². The third-order valence-corrected chi connectivity index (χ3v) is 2.03. The normalized spacial score (nSPS) is 12.4. The van der Waals surface area contributed by atoms with Gasteiger partial charge in [-0.2, -0.15) is 0 Å². The van der Waals surface area contributed by atoms with E-state index in [1.807, 2.05) is 0 Å². The van der Waals surface area contributed by atoms with E-state index in [0.29, 0.717) is 12.8 Å². The molecule has 0 aliphatic heterocycles. The summed E-state index contributed by atoms with van der Waals surface area (Å²) in [6, 6.07) is 0. The molecule has 82 valence electrons. The van der Waals surface area contributed by atoms with Crippen molar-refractivity contribution in [2.24, 2.45) is 0 Å². The molecule has 0 aliphatic carbocycles. The van der Waals surface area contributed by atoms with Crippen LogP contribution in [0.4, 0.5) is 0 Å². The molecule has 0 heterocycles. The van der Waals surface area contributed by atoms with Gasteiger partial charge in [-0.1, -0.05) is 19.4 Å². The summed E-state index contributed by atoms with van der Waals surface area (Å²) in [6.07, 6.45) is 2.83. The fourth-order valence-corrected chi connectivity index (χ4v) is 1.09. The van der Waals surface area contributed by atoms with Crippen LogP contribution in [0, 0.1) is 0 Å². The lowest BCUT2D eigenvalue weighted by Crippen LogP contribution is -2.11. The number of carbonyl (C=O) groups is 1. The van der Waals surface area contributed by atoms with Gasteiger partial charge in [0.05, 0.1) is 12.7 Å². The number of carboxylic acids is 1. The lowest BCUT2D eigenvalue weighted by Gasteiger charge is -2.05.